The number of pyridine rings is 1. The van der Waals surface area contributed by atoms with Gasteiger partial charge in [0.05, 0.1) is 17.0 Å². The smallest absolute Gasteiger partial charge is 0.280 e. The quantitative estimate of drug-likeness (QED) is 0.551. The van der Waals surface area contributed by atoms with Crippen LogP contribution in [0.3, 0.4) is 0 Å². The van der Waals surface area contributed by atoms with E-state index in [4.69, 9.17) is 4.98 Å². The number of aromatic nitrogens is 4. The molecular formula is C23H23N5O2. The molecule has 1 aromatic carbocycles. The molecule has 30 heavy (non-hydrogen) atoms. The summed E-state index contributed by atoms with van der Waals surface area (Å²) in [4.78, 5) is 35.1. The number of piperidine rings is 1. The maximum absolute atomic E-state index is 13.5. The van der Waals surface area contributed by atoms with Gasteiger partial charge in [-0.1, -0.05) is 30.3 Å². The van der Waals surface area contributed by atoms with Crippen molar-refractivity contribution in [2.24, 2.45) is 0 Å². The molecule has 1 saturated heterocycles. The number of anilines is 1. The van der Waals surface area contributed by atoms with Gasteiger partial charge in [-0.3, -0.25) is 14.7 Å². The van der Waals surface area contributed by atoms with Crippen molar-refractivity contribution in [3.63, 3.8) is 0 Å². The third kappa shape index (κ3) is 3.03. The molecule has 0 unspecified atom stereocenters. The minimum absolute atomic E-state index is 0.205. The van der Waals surface area contributed by atoms with Crippen LogP contribution in [0.4, 0.5) is 5.69 Å². The number of nitrogens with zero attached hydrogens (tertiary/aromatic N) is 3. The van der Waals surface area contributed by atoms with Crippen LogP contribution in [0.5, 0.6) is 0 Å². The molecule has 0 amide bonds. The first-order valence-corrected chi connectivity index (χ1v) is 10.3. The fourth-order valence-corrected chi connectivity index (χ4v) is 4.32. The van der Waals surface area contributed by atoms with Gasteiger partial charge < -0.3 is 9.88 Å². The number of aromatic amines is 2. The number of rotatable bonds is 3. The van der Waals surface area contributed by atoms with E-state index in [9.17, 15) is 9.59 Å². The second-order valence-corrected chi connectivity index (χ2v) is 7.73. The van der Waals surface area contributed by atoms with Gasteiger partial charge >= 0.3 is 0 Å². The van der Waals surface area contributed by atoms with Crippen molar-refractivity contribution in [3.05, 3.63) is 75.1 Å². The van der Waals surface area contributed by atoms with Gasteiger partial charge in [-0.2, -0.15) is 4.52 Å². The SMILES string of the molecule is Cc1nc2c(N3CCCCC3)c(-c3ccccc3)[nH]n2c(=O)c1-c1cc[nH]c(=O)c1. The van der Waals surface area contributed by atoms with Gasteiger partial charge in [-0.25, -0.2) is 4.98 Å². The predicted octanol–water partition coefficient (Wildman–Crippen LogP) is 3.34. The standard InChI is InChI=1S/C23H23N5O2/c1-15-19(17-10-11-24-18(29)14-17)23(30)28-22(25-15)21(27-12-6-3-7-13-27)20(26-28)16-8-4-2-5-9-16/h2,4-5,8-11,14,26H,3,6-7,12-13H2,1H3,(H,24,29). The third-order valence-electron chi connectivity index (χ3n) is 5.73. The summed E-state index contributed by atoms with van der Waals surface area (Å²) in [5, 5.41) is 3.31. The number of hydrogen-bond donors (Lipinski definition) is 2. The van der Waals surface area contributed by atoms with Crippen LogP contribution in [0.1, 0.15) is 25.0 Å². The van der Waals surface area contributed by atoms with Crippen LogP contribution in [-0.4, -0.2) is 32.7 Å². The van der Waals surface area contributed by atoms with Crippen LogP contribution in [0.15, 0.2) is 58.3 Å². The average Bonchev–Trinajstić information content (AvgIpc) is 3.15. The first-order valence-electron chi connectivity index (χ1n) is 10.3. The second-order valence-electron chi connectivity index (χ2n) is 7.73. The Morgan fingerprint density at radius 1 is 0.967 bits per heavy atom. The van der Waals surface area contributed by atoms with Gasteiger partial charge in [0.25, 0.3) is 5.56 Å². The lowest BCUT2D eigenvalue weighted by molar-refractivity contribution is 0.579. The molecule has 0 saturated carbocycles. The first-order chi connectivity index (χ1) is 14.6. The van der Waals surface area contributed by atoms with Gasteiger partial charge in [-0.15, -0.1) is 0 Å². The van der Waals surface area contributed by atoms with Gasteiger partial charge in [0.2, 0.25) is 5.56 Å². The van der Waals surface area contributed by atoms with Gasteiger partial charge in [0, 0.05) is 30.9 Å². The minimum Gasteiger partial charge on any atom is -0.367 e. The van der Waals surface area contributed by atoms with Crippen molar-refractivity contribution in [2.75, 3.05) is 18.0 Å². The highest BCUT2D eigenvalue weighted by molar-refractivity contribution is 5.86. The molecule has 0 spiro atoms. The largest absolute Gasteiger partial charge is 0.367 e. The molecule has 0 atom stereocenters. The number of nitrogens with one attached hydrogen (secondary N) is 2. The van der Waals surface area contributed by atoms with Crippen LogP contribution < -0.4 is 16.0 Å². The van der Waals surface area contributed by atoms with Gasteiger partial charge in [0.1, 0.15) is 5.69 Å². The molecule has 1 fully saturated rings. The number of aryl methyl sites for hydroxylation is 1. The highest BCUT2D eigenvalue weighted by atomic mass is 16.1. The van der Waals surface area contributed by atoms with Crippen molar-refractivity contribution >= 4 is 11.3 Å². The van der Waals surface area contributed by atoms with Crippen molar-refractivity contribution in [2.45, 2.75) is 26.2 Å². The zero-order chi connectivity index (χ0) is 20.7. The molecule has 7 nitrogen and oxygen atoms in total. The topological polar surface area (TPSA) is 86.3 Å². The van der Waals surface area contributed by atoms with Crippen molar-refractivity contribution in [1.29, 1.82) is 0 Å². The molecule has 0 bridgehead atoms. The van der Waals surface area contributed by atoms with E-state index in [1.165, 1.54) is 17.0 Å². The molecule has 7 heteroatoms. The zero-order valence-electron chi connectivity index (χ0n) is 16.8. The van der Waals surface area contributed by atoms with E-state index in [0.29, 0.717) is 22.5 Å². The monoisotopic (exact) mass is 401 g/mol. The molecule has 3 aromatic heterocycles. The Morgan fingerprint density at radius 2 is 1.73 bits per heavy atom. The van der Waals surface area contributed by atoms with Crippen LogP contribution in [0, 0.1) is 6.92 Å². The Kier molecular flexibility index (Phi) is 4.50. The van der Waals surface area contributed by atoms with Gasteiger partial charge in [-0.05, 0) is 37.8 Å². The Hall–Kier alpha value is -3.61. The molecule has 0 aliphatic carbocycles. The predicted molar refractivity (Wildman–Crippen MR) is 118 cm³/mol. The van der Waals surface area contributed by atoms with E-state index in [1.807, 2.05) is 37.3 Å². The molecule has 1 aliphatic heterocycles. The fraction of sp³-hybridized carbons (Fsp3) is 0.261. The van der Waals surface area contributed by atoms with Crippen molar-refractivity contribution in [1.82, 2.24) is 19.6 Å². The molecule has 1 aliphatic rings. The van der Waals surface area contributed by atoms with Gasteiger partial charge in [0.15, 0.2) is 5.65 Å². The highest BCUT2D eigenvalue weighted by Gasteiger charge is 2.24. The Balaban J connectivity index is 1.81. The third-order valence-corrected chi connectivity index (χ3v) is 5.73. The normalized spacial score (nSPS) is 14.4. The fourth-order valence-electron chi connectivity index (χ4n) is 4.32. The zero-order valence-corrected chi connectivity index (χ0v) is 16.8. The Morgan fingerprint density at radius 3 is 2.47 bits per heavy atom. The summed E-state index contributed by atoms with van der Waals surface area (Å²) in [6.45, 7) is 3.71. The molecule has 4 heterocycles. The van der Waals surface area contributed by atoms with Crippen LogP contribution in [0.2, 0.25) is 0 Å². The summed E-state index contributed by atoms with van der Waals surface area (Å²) in [6, 6.07) is 13.2. The van der Waals surface area contributed by atoms with E-state index in [1.54, 1.807) is 12.3 Å². The Labute approximate surface area is 173 Å². The summed E-state index contributed by atoms with van der Waals surface area (Å²) in [6.07, 6.45) is 5.02. The maximum Gasteiger partial charge on any atom is 0.280 e. The number of fused-ring (bicyclic) bond motifs is 1. The van der Waals surface area contributed by atoms with E-state index >= 15 is 0 Å². The number of hydrogen-bond acceptors (Lipinski definition) is 4. The summed E-state index contributed by atoms with van der Waals surface area (Å²) >= 11 is 0. The van der Waals surface area contributed by atoms with Crippen molar-refractivity contribution < 1.29 is 0 Å². The van der Waals surface area contributed by atoms with Crippen LogP contribution in [-0.2, 0) is 0 Å². The maximum atomic E-state index is 13.5. The second kappa shape index (κ2) is 7.33. The van der Waals surface area contributed by atoms with Crippen LogP contribution in [0.25, 0.3) is 28.0 Å². The molecule has 0 radical (unpaired) electrons. The molecule has 152 valence electrons. The first kappa shape index (κ1) is 18.4. The lowest BCUT2D eigenvalue weighted by Crippen LogP contribution is -2.30. The average molecular weight is 401 g/mol. The lowest BCUT2D eigenvalue weighted by atomic mass is 10.1. The van der Waals surface area contributed by atoms with E-state index in [-0.39, 0.29) is 11.1 Å². The minimum atomic E-state index is -0.248. The van der Waals surface area contributed by atoms with E-state index in [0.717, 1.165) is 42.9 Å². The molecule has 5 rings (SSSR count). The van der Waals surface area contributed by atoms with Crippen LogP contribution >= 0.6 is 0 Å². The Bertz CT molecular complexity index is 1330. The highest BCUT2D eigenvalue weighted by Crippen LogP contribution is 2.35. The lowest BCUT2D eigenvalue weighted by Gasteiger charge is -2.28. The molecule has 4 aromatic rings. The van der Waals surface area contributed by atoms with E-state index < -0.39 is 0 Å². The number of H-pyrrole nitrogens is 2. The molecule has 2 N–H and O–H groups in total. The molecular weight excluding hydrogens is 378 g/mol. The summed E-state index contributed by atoms with van der Waals surface area (Å²) in [7, 11) is 0. The number of benzene rings is 1. The van der Waals surface area contributed by atoms with E-state index in [2.05, 4.69) is 15.0 Å². The summed E-state index contributed by atoms with van der Waals surface area (Å²) in [5.74, 6) is 0. The van der Waals surface area contributed by atoms with Crippen molar-refractivity contribution in [3.8, 4) is 22.4 Å². The summed E-state index contributed by atoms with van der Waals surface area (Å²) in [5.41, 5.74) is 4.67. The summed E-state index contributed by atoms with van der Waals surface area (Å²) < 4.78 is 1.52.